The molecule has 7 heterocycles. The number of halogens is 2. The second-order valence-electron chi connectivity index (χ2n) is 16.4. The van der Waals surface area contributed by atoms with E-state index in [1.165, 1.54) is 6.07 Å². The Kier molecular flexibility index (Phi) is 9.13. The lowest BCUT2D eigenvalue weighted by atomic mass is 10.0. The third kappa shape index (κ3) is 6.50. The van der Waals surface area contributed by atoms with Crippen LogP contribution in [0.2, 0.25) is 5.02 Å². The maximum absolute atomic E-state index is 14.7. The third-order valence-electron chi connectivity index (χ3n) is 12.6. The van der Waals surface area contributed by atoms with E-state index in [-0.39, 0.29) is 22.7 Å². The molecule has 1 fully saturated rings. The third-order valence-corrected chi connectivity index (χ3v) is 12.9. The first-order chi connectivity index (χ1) is 30.6. The quantitative estimate of drug-likeness (QED) is 0.163. The number of benzene rings is 4. The Morgan fingerprint density at radius 2 is 1.51 bits per heavy atom. The minimum Gasteiger partial charge on any atom is -0.383 e. The number of amides is 1. The van der Waals surface area contributed by atoms with E-state index < -0.39 is 5.82 Å². The first-order valence-corrected chi connectivity index (χ1v) is 21.0. The van der Waals surface area contributed by atoms with Crippen LogP contribution in [0.25, 0.3) is 49.7 Å². The Labute approximate surface area is 366 Å². The number of likely N-dealkylation sites (tertiary alicyclic amines) is 1. The molecule has 0 aliphatic carbocycles. The van der Waals surface area contributed by atoms with Crippen LogP contribution in [-0.4, -0.2) is 91.9 Å². The number of carbonyl (C=O) groups excluding carboxylic acids is 1. The molecule has 0 bridgehead atoms. The highest BCUT2D eigenvalue weighted by Crippen LogP contribution is 2.42. The second-order valence-corrected chi connectivity index (χ2v) is 16.8. The molecule has 14 nitrogen and oxygen atoms in total. The van der Waals surface area contributed by atoms with Gasteiger partial charge in [0.1, 0.15) is 35.0 Å². The van der Waals surface area contributed by atoms with Crippen LogP contribution in [0, 0.1) is 5.82 Å². The summed E-state index contributed by atoms with van der Waals surface area (Å²) in [5, 5.41) is 1.80. The molecule has 0 radical (unpaired) electrons. The fourth-order valence-corrected chi connectivity index (χ4v) is 9.22. The van der Waals surface area contributed by atoms with Gasteiger partial charge in [0, 0.05) is 84.3 Å². The first kappa shape index (κ1) is 38.6. The van der Waals surface area contributed by atoms with Crippen LogP contribution in [0.5, 0.6) is 0 Å². The Hall–Kier alpha value is -7.36. The summed E-state index contributed by atoms with van der Waals surface area (Å²) in [5.74, 6) is 1.31. The summed E-state index contributed by atoms with van der Waals surface area (Å²) in [6, 6.07) is 23.9. The van der Waals surface area contributed by atoms with E-state index >= 15 is 0 Å². The summed E-state index contributed by atoms with van der Waals surface area (Å²) in [7, 11) is 4.03. The van der Waals surface area contributed by atoms with Crippen molar-refractivity contribution in [3.63, 3.8) is 0 Å². The standard InChI is InChI=1S/C47H39ClFN13O/c1-58(2)31-22-59(23-31)46(63)35-16-29(19-52-43(35)50)26-7-9-41-34(15-26)45(61-12-10-28-17-37(49)36(48)18-42(28)61)57-25-62(41)40-5-3-4-39-32(40)11-13-60(39)44-33-14-27(6-8-38(33)55-24-56-44)30-20-53-47(51)54-21-30/h3-9,14-21,24-25,31H,10-13,22-23H2,1-2H3,(H3-,50,51,52,53,54,63)/p+1. The van der Waals surface area contributed by atoms with Crippen molar-refractivity contribution < 1.29 is 13.8 Å². The Balaban J connectivity index is 1.02. The second kappa shape index (κ2) is 14.9. The molecule has 63 heavy (non-hydrogen) atoms. The fraction of sp³-hybridized carbons (Fsp3) is 0.191. The van der Waals surface area contributed by atoms with Gasteiger partial charge in [-0.05, 0) is 103 Å². The number of aromatic nitrogens is 7. The molecule has 3 aliphatic heterocycles. The molecule has 3 aliphatic rings. The van der Waals surface area contributed by atoms with E-state index in [1.54, 1.807) is 35.9 Å². The molecule has 4 N–H and O–H groups in total. The van der Waals surface area contributed by atoms with Crippen molar-refractivity contribution in [3.05, 3.63) is 132 Å². The predicted molar refractivity (Wildman–Crippen MR) is 242 cm³/mol. The number of hydrogen-bond acceptors (Lipinski definition) is 12. The highest BCUT2D eigenvalue weighted by Gasteiger charge is 2.35. The summed E-state index contributed by atoms with van der Waals surface area (Å²) in [6.45, 7) is 2.54. The monoisotopic (exact) mass is 856 g/mol. The summed E-state index contributed by atoms with van der Waals surface area (Å²) in [4.78, 5) is 49.4. The van der Waals surface area contributed by atoms with Crippen LogP contribution in [0.3, 0.4) is 0 Å². The van der Waals surface area contributed by atoms with Crippen molar-refractivity contribution in [3.8, 4) is 27.9 Å². The van der Waals surface area contributed by atoms with Crippen molar-refractivity contribution in [2.24, 2.45) is 0 Å². The van der Waals surface area contributed by atoms with E-state index in [9.17, 15) is 9.18 Å². The van der Waals surface area contributed by atoms with Crippen molar-refractivity contribution in [2.45, 2.75) is 18.9 Å². The molecule has 0 unspecified atom stereocenters. The normalized spacial score (nSPS) is 14.8. The summed E-state index contributed by atoms with van der Waals surface area (Å²) in [6.07, 6.45) is 9.97. The summed E-state index contributed by atoms with van der Waals surface area (Å²) < 4.78 is 16.8. The van der Waals surface area contributed by atoms with Crippen molar-refractivity contribution in [1.29, 1.82) is 0 Å². The minimum atomic E-state index is -0.446. The van der Waals surface area contributed by atoms with Gasteiger partial charge in [-0.15, -0.1) is 0 Å². The highest BCUT2D eigenvalue weighted by atomic mass is 35.5. The van der Waals surface area contributed by atoms with Crippen LogP contribution in [-0.2, 0) is 12.8 Å². The predicted octanol–water partition coefficient (Wildman–Crippen LogP) is 6.71. The van der Waals surface area contributed by atoms with Gasteiger partial charge >= 0.3 is 0 Å². The van der Waals surface area contributed by atoms with Gasteiger partial charge in [-0.2, -0.15) is 4.57 Å². The SMILES string of the molecule is CN(C)C1CN(C(=O)c2cc(-c3ccc4c(c3)c(N3CCc5cc(F)c(Cl)cc53)nc[n+]4-c3cccc4c3CCN4c3ncnc4ccc(-c5cnc(N)nc5)cc34)cnc2N)C1. The lowest BCUT2D eigenvalue weighted by molar-refractivity contribution is -0.571. The van der Waals surface area contributed by atoms with Crippen molar-refractivity contribution in [2.75, 3.05) is 61.5 Å². The Morgan fingerprint density at radius 3 is 2.33 bits per heavy atom. The summed E-state index contributed by atoms with van der Waals surface area (Å²) >= 11 is 6.37. The molecule has 8 aromatic rings. The lowest BCUT2D eigenvalue weighted by Gasteiger charge is -2.42. The largest absolute Gasteiger partial charge is 0.383 e. The highest BCUT2D eigenvalue weighted by molar-refractivity contribution is 6.31. The first-order valence-electron chi connectivity index (χ1n) is 20.6. The zero-order chi connectivity index (χ0) is 43.1. The zero-order valence-electron chi connectivity index (χ0n) is 34.4. The molecule has 0 saturated carbocycles. The molecule has 0 spiro atoms. The fourth-order valence-electron chi connectivity index (χ4n) is 9.07. The number of nitrogen functional groups attached to an aromatic ring is 2. The number of anilines is 6. The lowest BCUT2D eigenvalue weighted by Crippen LogP contribution is -2.59. The average Bonchev–Trinajstić information content (AvgIpc) is 3.89. The molecule has 4 aromatic carbocycles. The number of pyridine rings is 1. The maximum atomic E-state index is 14.7. The Morgan fingerprint density at radius 1 is 0.778 bits per heavy atom. The number of carbonyl (C=O) groups is 1. The molecule has 16 heteroatoms. The van der Waals surface area contributed by atoms with Crippen molar-refractivity contribution >= 4 is 74.1 Å². The van der Waals surface area contributed by atoms with Gasteiger partial charge in [0.05, 0.1) is 21.5 Å². The number of rotatable bonds is 7. The molecule has 1 saturated heterocycles. The number of fused-ring (bicyclic) bond motifs is 4. The molecular weight excluding hydrogens is 817 g/mol. The minimum absolute atomic E-state index is 0.0530. The zero-order valence-corrected chi connectivity index (χ0v) is 35.1. The van der Waals surface area contributed by atoms with Crippen LogP contribution < -0.4 is 25.8 Å². The van der Waals surface area contributed by atoms with Gasteiger partial charge in [0.25, 0.3) is 18.1 Å². The number of likely N-dealkylation sites (N-methyl/N-ethyl adjacent to an activating group) is 1. The number of nitrogens with zero attached hydrogens (tertiary/aromatic N) is 11. The number of nitrogens with two attached hydrogens (primary N) is 2. The van der Waals surface area contributed by atoms with Gasteiger partial charge < -0.3 is 31.1 Å². The van der Waals surface area contributed by atoms with Gasteiger partial charge in [0.15, 0.2) is 0 Å². The maximum Gasteiger partial charge on any atom is 0.294 e. The summed E-state index contributed by atoms with van der Waals surface area (Å²) in [5.41, 5.74) is 22.4. The van der Waals surface area contributed by atoms with E-state index in [0.717, 1.165) is 84.5 Å². The Bertz CT molecular complexity index is 3180. The molecule has 0 atom stereocenters. The molecular formula is C47H40ClFN13O+. The molecule has 4 aromatic heterocycles. The van der Waals surface area contributed by atoms with E-state index in [2.05, 4.69) is 75.6 Å². The van der Waals surface area contributed by atoms with E-state index in [1.807, 2.05) is 44.7 Å². The topological polar surface area (TPSA) is 163 Å². The van der Waals surface area contributed by atoms with Crippen LogP contribution in [0.4, 0.5) is 39.2 Å². The van der Waals surface area contributed by atoms with Gasteiger partial charge in [-0.1, -0.05) is 29.8 Å². The van der Waals surface area contributed by atoms with Gasteiger partial charge in [0.2, 0.25) is 5.95 Å². The van der Waals surface area contributed by atoms with Gasteiger partial charge in [-0.3, -0.25) is 4.79 Å². The smallest absolute Gasteiger partial charge is 0.294 e. The average molecular weight is 857 g/mol. The van der Waals surface area contributed by atoms with Crippen molar-refractivity contribution in [1.82, 2.24) is 39.7 Å². The van der Waals surface area contributed by atoms with Gasteiger partial charge in [-0.25, -0.2) is 29.3 Å². The van der Waals surface area contributed by atoms with E-state index in [4.69, 9.17) is 33.0 Å². The molecule has 11 rings (SSSR count). The van der Waals surface area contributed by atoms with E-state index in [0.29, 0.717) is 50.0 Å². The van der Waals surface area contributed by atoms with Crippen LogP contribution in [0.15, 0.2) is 104 Å². The number of hydrogen-bond donors (Lipinski definition) is 2. The van der Waals surface area contributed by atoms with Crippen LogP contribution >= 0.6 is 11.6 Å². The van der Waals surface area contributed by atoms with Crippen LogP contribution in [0.1, 0.15) is 21.5 Å². The molecule has 312 valence electrons. The molecule has 1 amide bonds.